The minimum Gasteiger partial charge on any atom is -0.380 e. The van der Waals surface area contributed by atoms with Gasteiger partial charge in [0, 0.05) is 30.4 Å². The van der Waals surface area contributed by atoms with Crippen LogP contribution in [-0.4, -0.2) is 20.1 Å². The molecule has 3 rings (SSSR count). The number of nitrogens with two attached hydrogens (primary N) is 1. The smallest absolute Gasteiger partial charge is 0.180 e. The van der Waals surface area contributed by atoms with Crippen LogP contribution in [-0.2, 0) is 0 Å². The Labute approximate surface area is 103 Å². The minimum absolute atomic E-state index is 0.321. The third kappa shape index (κ3) is 1.69. The van der Waals surface area contributed by atoms with Crippen LogP contribution in [0.1, 0.15) is 0 Å². The molecule has 3 aromatic heterocycles. The highest BCUT2D eigenvalue weighted by molar-refractivity contribution is 5.85. The second-order valence-electron chi connectivity index (χ2n) is 3.64. The monoisotopic (exact) mass is 239 g/mol. The van der Waals surface area contributed by atoms with E-state index in [9.17, 15) is 0 Å². The standard InChI is InChI=1S/C12H9N5O/c13-12-10(8-2-1-3-14-4-8)11(18-17-12)9-5-15-7-16-6-9/h1-7H,(H2,13,17). The van der Waals surface area contributed by atoms with Gasteiger partial charge in [-0.15, -0.1) is 0 Å². The van der Waals surface area contributed by atoms with Crippen LogP contribution in [0.4, 0.5) is 5.82 Å². The molecule has 0 unspecified atom stereocenters. The molecule has 0 aliphatic rings. The van der Waals surface area contributed by atoms with Crippen molar-refractivity contribution in [2.75, 3.05) is 5.73 Å². The molecule has 6 heteroatoms. The molecule has 3 heterocycles. The van der Waals surface area contributed by atoms with Crippen LogP contribution >= 0.6 is 0 Å². The summed E-state index contributed by atoms with van der Waals surface area (Å²) in [5.74, 6) is 0.864. The van der Waals surface area contributed by atoms with Crippen molar-refractivity contribution >= 4 is 5.82 Å². The molecule has 18 heavy (non-hydrogen) atoms. The van der Waals surface area contributed by atoms with Crippen molar-refractivity contribution in [2.45, 2.75) is 0 Å². The maximum Gasteiger partial charge on any atom is 0.180 e. The van der Waals surface area contributed by atoms with Gasteiger partial charge in [-0.25, -0.2) is 9.97 Å². The van der Waals surface area contributed by atoms with Crippen LogP contribution in [0, 0.1) is 0 Å². The average molecular weight is 239 g/mol. The second kappa shape index (κ2) is 4.25. The number of pyridine rings is 1. The molecule has 0 aliphatic carbocycles. The fourth-order valence-electron chi connectivity index (χ4n) is 1.71. The number of aromatic nitrogens is 4. The Bertz CT molecular complexity index is 651. The third-order valence-electron chi connectivity index (χ3n) is 2.49. The Balaban J connectivity index is 2.19. The average Bonchev–Trinajstić information content (AvgIpc) is 2.83. The predicted molar refractivity (Wildman–Crippen MR) is 65.2 cm³/mol. The van der Waals surface area contributed by atoms with Crippen molar-refractivity contribution in [3.8, 4) is 22.5 Å². The Morgan fingerprint density at radius 3 is 2.50 bits per heavy atom. The van der Waals surface area contributed by atoms with E-state index in [1.807, 2.05) is 12.1 Å². The normalized spacial score (nSPS) is 10.4. The molecule has 2 N–H and O–H groups in total. The molecule has 0 aliphatic heterocycles. The lowest BCUT2D eigenvalue weighted by Crippen LogP contribution is -1.89. The molecule has 0 bridgehead atoms. The molecule has 0 radical (unpaired) electrons. The van der Waals surface area contributed by atoms with Gasteiger partial charge in [-0.3, -0.25) is 4.98 Å². The molecule has 0 fully saturated rings. The lowest BCUT2D eigenvalue weighted by atomic mass is 10.1. The third-order valence-corrected chi connectivity index (χ3v) is 2.49. The van der Waals surface area contributed by atoms with Crippen molar-refractivity contribution < 1.29 is 4.52 Å². The zero-order valence-corrected chi connectivity index (χ0v) is 9.32. The van der Waals surface area contributed by atoms with Crippen LogP contribution in [0.2, 0.25) is 0 Å². The minimum atomic E-state index is 0.321. The van der Waals surface area contributed by atoms with Crippen LogP contribution in [0.5, 0.6) is 0 Å². The van der Waals surface area contributed by atoms with Gasteiger partial charge in [0.25, 0.3) is 0 Å². The van der Waals surface area contributed by atoms with Crippen molar-refractivity contribution in [3.63, 3.8) is 0 Å². The SMILES string of the molecule is Nc1noc(-c2cncnc2)c1-c1cccnc1. The van der Waals surface area contributed by atoms with E-state index in [1.54, 1.807) is 24.8 Å². The molecular weight excluding hydrogens is 230 g/mol. The van der Waals surface area contributed by atoms with E-state index in [1.165, 1.54) is 6.33 Å². The van der Waals surface area contributed by atoms with Gasteiger partial charge in [-0.05, 0) is 6.07 Å². The summed E-state index contributed by atoms with van der Waals surface area (Å²) in [6.45, 7) is 0. The van der Waals surface area contributed by atoms with E-state index in [4.69, 9.17) is 10.3 Å². The molecule has 0 spiro atoms. The topological polar surface area (TPSA) is 90.7 Å². The van der Waals surface area contributed by atoms with Gasteiger partial charge in [0.05, 0.1) is 11.1 Å². The predicted octanol–water partition coefficient (Wildman–Crippen LogP) is 1.78. The van der Waals surface area contributed by atoms with Crippen molar-refractivity contribution in [1.29, 1.82) is 0 Å². The number of anilines is 1. The van der Waals surface area contributed by atoms with Crippen LogP contribution in [0.3, 0.4) is 0 Å². The number of rotatable bonds is 2. The summed E-state index contributed by atoms with van der Waals surface area (Å²) in [6, 6.07) is 3.72. The van der Waals surface area contributed by atoms with Gasteiger partial charge in [0.2, 0.25) is 0 Å². The van der Waals surface area contributed by atoms with E-state index in [-0.39, 0.29) is 0 Å². The largest absolute Gasteiger partial charge is 0.380 e. The first-order valence-corrected chi connectivity index (χ1v) is 5.27. The molecule has 0 saturated carbocycles. The van der Waals surface area contributed by atoms with Crippen molar-refractivity contribution in [2.24, 2.45) is 0 Å². The Hall–Kier alpha value is -2.76. The van der Waals surface area contributed by atoms with Crippen LogP contribution < -0.4 is 5.73 Å². The highest BCUT2D eigenvalue weighted by Gasteiger charge is 2.17. The highest BCUT2D eigenvalue weighted by atomic mass is 16.5. The highest BCUT2D eigenvalue weighted by Crippen LogP contribution is 2.35. The summed E-state index contributed by atoms with van der Waals surface area (Å²) >= 11 is 0. The summed E-state index contributed by atoms with van der Waals surface area (Å²) in [5.41, 5.74) is 8.11. The first-order chi connectivity index (χ1) is 8.86. The Morgan fingerprint density at radius 2 is 1.78 bits per heavy atom. The fourth-order valence-corrected chi connectivity index (χ4v) is 1.71. The van der Waals surface area contributed by atoms with Gasteiger partial charge < -0.3 is 10.3 Å². The molecule has 6 nitrogen and oxygen atoms in total. The van der Waals surface area contributed by atoms with Crippen LogP contribution in [0.15, 0.2) is 47.8 Å². The zero-order valence-electron chi connectivity index (χ0n) is 9.32. The van der Waals surface area contributed by atoms with Gasteiger partial charge in [-0.1, -0.05) is 11.2 Å². The number of hydrogen-bond acceptors (Lipinski definition) is 6. The maximum atomic E-state index is 5.84. The Kier molecular flexibility index (Phi) is 2.45. The zero-order chi connectivity index (χ0) is 12.4. The van der Waals surface area contributed by atoms with E-state index in [2.05, 4.69) is 20.1 Å². The Morgan fingerprint density at radius 1 is 1.00 bits per heavy atom. The van der Waals surface area contributed by atoms with Gasteiger partial charge in [0.1, 0.15) is 6.33 Å². The summed E-state index contributed by atoms with van der Waals surface area (Å²) in [4.78, 5) is 12.0. The molecule has 3 aromatic rings. The summed E-state index contributed by atoms with van der Waals surface area (Å²) in [6.07, 6.45) is 8.14. The van der Waals surface area contributed by atoms with Gasteiger partial charge in [-0.2, -0.15) is 0 Å². The number of nitrogen functional groups attached to an aromatic ring is 1. The summed E-state index contributed by atoms with van der Waals surface area (Å²) in [5, 5.41) is 3.79. The quantitative estimate of drug-likeness (QED) is 0.732. The molecule has 0 saturated heterocycles. The van der Waals surface area contributed by atoms with E-state index < -0.39 is 0 Å². The molecular formula is C12H9N5O. The molecule has 88 valence electrons. The molecule has 0 aromatic carbocycles. The van der Waals surface area contributed by atoms with E-state index in [0.29, 0.717) is 17.1 Å². The molecule has 0 amide bonds. The fraction of sp³-hybridized carbons (Fsp3) is 0. The maximum absolute atomic E-state index is 5.84. The van der Waals surface area contributed by atoms with Crippen molar-refractivity contribution in [3.05, 3.63) is 43.2 Å². The van der Waals surface area contributed by atoms with E-state index in [0.717, 1.165) is 11.1 Å². The summed E-state index contributed by atoms with van der Waals surface area (Å²) < 4.78 is 5.25. The van der Waals surface area contributed by atoms with E-state index >= 15 is 0 Å². The number of hydrogen-bond donors (Lipinski definition) is 1. The lowest BCUT2D eigenvalue weighted by Gasteiger charge is -2.00. The first-order valence-electron chi connectivity index (χ1n) is 5.27. The van der Waals surface area contributed by atoms with Gasteiger partial charge in [0.15, 0.2) is 11.6 Å². The first kappa shape index (κ1) is 10.4. The second-order valence-corrected chi connectivity index (χ2v) is 3.64. The molecule has 0 atom stereocenters. The van der Waals surface area contributed by atoms with Crippen molar-refractivity contribution in [1.82, 2.24) is 20.1 Å². The summed E-state index contributed by atoms with van der Waals surface area (Å²) in [7, 11) is 0. The number of nitrogens with zero attached hydrogens (tertiary/aromatic N) is 4. The van der Waals surface area contributed by atoms with Crippen LogP contribution in [0.25, 0.3) is 22.5 Å². The van der Waals surface area contributed by atoms with Gasteiger partial charge >= 0.3 is 0 Å². The lowest BCUT2D eigenvalue weighted by molar-refractivity contribution is 0.436.